The third-order valence-corrected chi connectivity index (χ3v) is 3.59. The van der Waals surface area contributed by atoms with Crippen molar-refractivity contribution in [3.63, 3.8) is 0 Å². The van der Waals surface area contributed by atoms with Crippen LogP contribution in [0, 0.1) is 13.7 Å². The van der Waals surface area contributed by atoms with Crippen molar-refractivity contribution in [2.45, 2.75) is 0 Å². The Hall–Kier alpha value is -1.14. The molecule has 0 bridgehead atoms. The highest BCUT2D eigenvalue weighted by atomic mass is 127. The Bertz CT molecular complexity index is 586. The Morgan fingerprint density at radius 1 is 1.12 bits per heavy atom. The second kappa shape index (κ2) is 5.01. The van der Waals surface area contributed by atoms with Crippen LogP contribution in [0.15, 0.2) is 42.5 Å². The van der Waals surface area contributed by atoms with Crippen LogP contribution in [0.3, 0.4) is 0 Å². The Balaban J connectivity index is 2.75. The summed E-state index contributed by atoms with van der Waals surface area (Å²) >= 11 is 8.21. The summed E-state index contributed by atoms with van der Waals surface area (Å²) in [4.78, 5) is 10.6. The number of benzene rings is 2. The minimum atomic E-state index is -0.412. The lowest BCUT2D eigenvalue weighted by Crippen LogP contribution is -1.93. The molecule has 0 aliphatic rings. The van der Waals surface area contributed by atoms with Gasteiger partial charge in [0.25, 0.3) is 5.69 Å². The highest BCUT2D eigenvalue weighted by molar-refractivity contribution is 14.1. The topological polar surface area (TPSA) is 43.1 Å². The van der Waals surface area contributed by atoms with Crippen LogP contribution >= 0.6 is 34.2 Å². The van der Waals surface area contributed by atoms with Crippen molar-refractivity contribution in [1.29, 1.82) is 0 Å². The van der Waals surface area contributed by atoms with Gasteiger partial charge >= 0.3 is 0 Å². The molecule has 2 rings (SSSR count). The van der Waals surface area contributed by atoms with E-state index in [1.54, 1.807) is 12.1 Å². The molecule has 0 spiro atoms. The van der Waals surface area contributed by atoms with Crippen LogP contribution in [0.25, 0.3) is 11.1 Å². The molecule has 0 aliphatic carbocycles. The summed E-state index contributed by atoms with van der Waals surface area (Å²) in [7, 11) is 0. The Morgan fingerprint density at radius 3 is 2.47 bits per heavy atom. The van der Waals surface area contributed by atoms with E-state index in [2.05, 4.69) is 22.6 Å². The van der Waals surface area contributed by atoms with Gasteiger partial charge in [0, 0.05) is 15.2 Å². The third kappa shape index (κ3) is 2.42. The molecule has 0 atom stereocenters. The third-order valence-electron chi connectivity index (χ3n) is 2.33. The van der Waals surface area contributed by atoms with Crippen molar-refractivity contribution in [3.05, 3.63) is 61.2 Å². The summed E-state index contributed by atoms with van der Waals surface area (Å²) in [6.45, 7) is 0. The SMILES string of the molecule is O=[N+]([O-])c1cccc(Cl)c1-c1ccccc1I. The second-order valence-electron chi connectivity index (χ2n) is 3.37. The maximum atomic E-state index is 11.0. The van der Waals surface area contributed by atoms with Crippen molar-refractivity contribution in [2.75, 3.05) is 0 Å². The molecule has 0 saturated heterocycles. The summed E-state index contributed by atoms with van der Waals surface area (Å²) in [5, 5.41) is 11.4. The van der Waals surface area contributed by atoms with Gasteiger partial charge in [0.05, 0.1) is 15.5 Å². The minimum absolute atomic E-state index is 0.0293. The summed E-state index contributed by atoms with van der Waals surface area (Å²) in [5.74, 6) is 0. The number of halogens is 2. The van der Waals surface area contributed by atoms with Gasteiger partial charge in [-0.15, -0.1) is 0 Å². The number of hydrogen-bond acceptors (Lipinski definition) is 2. The maximum absolute atomic E-state index is 11.0. The van der Waals surface area contributed by atoms with E-state index in [4.69, 9.17) is 11.6 Å². The highest BCUT2D eigenvalue weighted by Gasteiger charge is 2.19. The standard InChI is InChI=1S/C12H7ClINO2/c13-9-5-3-7-11(15(16)17)12(9)8-4-1-2-6-10(8)14/h1-7H. The average molecular weight is 360 g/mol. The van der Waals surface area contributed by atoms with Gasteiger partial charge in [0.15, 0.2) is 0 Å². The number of rotatable bonds is 2. The number of nitrogens with zero attached hydrogens (tertiary/aromatic N) is 1. The molecule has 5 heteroatoms. The first-order valence-corrected chi connectivity index (χ1v) is 6.24. The fourth-order valence-corrected chi connectivity index (χ4v) is 2.52. The Kier molecular flexibility index (Phi) is 3.63. The zero-order valence-corrected chi connectivity index (χ0v) is 11.5. The van der Waals surface area contributed by atoms with Crippen LogP contribution < -0.4 is 0 Å². The van der Waals surface area contributed by atoms with E-state index in [0.717, 1.165) is 9.13 Å². The number of nitro groups is 1. The lowest BCUT2D eigenvalue weighted by atomic mass is 10.0. The molecule has 0 aliphatic heterocycles. The lowest BCUT2D eigenvalue weighted by Gasteiger charge is -2.07. The van der Waals surface area contributed by atoms with Crippen LogP contribution in [0.5, 0.6) is 0 Å². The van der Waals surface area contributed by atoms with Gasteiger partial charge in [-0.2, -0.15) is 0 Å². The van der Waals surface area contributed by atoms with E-state index >= 15 is 0 Å². The summed E-state index contributed by atoms with van der Waals surface area (Å²) in [5.41, 5.74) is 1.29. The van der Waals surface area contributed by atoms with E-state index in [9.17, 15) is 10.1 Å². The average Bonchev–Trinajstić information content (AvgIpc) is 2.30. The van der Waals surface area contributed by atoms with Crippen molar-refractivity contribution in [3.8, 4) is 11.1 Å². The second-order valence-corrected chi connectivity index (χ2v) is 4.94. The van der Waals surface area contributed by atoms with Gasteiger partial charge in [-0.3, -0.25) is 10.1 Å². The van der Waals surface area contributed by atoms with Crippen LogP contribution in [0.1, 0.15) is 0 Å². The molecule has 0 N–H and O–H groups in total. The van der Waals surface area contributed by atoms with Crippen LogP contribution in [-0.4, -0.2) is 4.92 Å². The molecule has 3 nitrogen and oxygen atoms in total. The predicted octanol–water partition coefficient (Wildman–Crippen LogP) is 4.52. The molecule has 86 valence electrons. The molecule has 0 saturated carbocycles. The first kappa shape index (κ1) is 12.3. The molecule has 2 aromatic carbocycles. The zero-order valence-electron chi connectivity index (χ0n) is 8.56. The molecule has 2 aromatic rings. The highest BCUT2D eigenvalue weighted by Crippen LogP contribution is 2.38. The minimum Gasteiger partial charge on any atom is -0.258 e. The molecular weight excluding hydrogens is 352 g/mol. The van der Waals surface area contributed by atoms with Crippen LogP contribution in [-0.2, 0) is 0 Å². The van der Waals surface area contributed by atoms with Gasteiger partial charge in [-0.05, 0) is 34.7 Å². The van der Waals surface area contributed by atoms with E-state index in [1.807, 2.05) is 24.3 Å². The fourth-order valence-electron chi connectivity index (χ4n) is 1.60. The monoisotopic (exact) mass is 359 g/mol. The van der Waals surface area contributed by atoms with Crippen molar-refractivity contribution >= 4 is 39.9 Å². The Labute approximate surface area is 117 Å². The Morgan fingerprint density at radius 2 is 1.82 bits per heavy atom. The van der Waals surface area contributed by atoms with E-state index in [0.29, 0.717) is 10.6 Å². The molecular formula is C12H7ClINO2. The summed E-state index contributed by atoms with van der Waals surface area (Å²) < 4.78 is 0.932. The van der Waals surface area contributed by atoms with Gasteiger partial charge in [0.1, 0.15) is 0 Å². The predicted molar refractivity (Wildman–Crippen MR) is 76.3 cm³/mol. The fraction of sp³-hybridized carbons (Fsp3) is 0. The lowest BCUT2D eigenvalue weighted by molar-refractivity contribution is -0.384. The van der Waals surface area contributed by atoms with Crippen molar-refractivity contribution in [1.82, 2.24) is 0 Å². The van der Waals surface area contributed by atoms with Crippen LogP contribution in [0.4, 0.5) is 5.69 Å². The normalized spacial score (nSPS) is 10.2. The number of nitro benzene ring substituents is 1. The van der Waals surface area contributed by atoms with Gasteiger partial charge in [0.2, 0.25) is 0 Å². The smallest absolute Gasteiger partial charge is 0.258 e. The van der Waals surface area contributed by atoms with Crippen LogP contribution in [0.2, 0.25) is 5.02 Å². The summed E-state index contributed by atoms with van der Waals surface area (Å²) in [6.07, 6.45) is 0. The van der Waals surface area contributed by atoms with E-state index < -0.39 is 4.92 Å². The molecule has 0 aromatic heterocycles. The number of hydrogen-bond donors (Lipinski definition) is 0. The van der Waals surface area contributed by atoms with E-state index in [1.165, 1.54) is 6.07 Å². The van der Waals surface area contributed by atoms with Gasteiger partial charge in [-0.1, -0.05) is 35.9 Å². The molecule has 0 heterocycles. The molecule has 0 amide bonds. The molecule has 17 heavy (non-hydrogen) atoms. The van der Waals surface area contributed by atoms with Gasteiger partial charge < -0.3 is 0 Å². The quantitative estimate of drug-likeness (QED) is 0.449. The largest absolute Gasteiger partial charge is 0.278 e. The van der Waals surface area contributed by atoms with E-state index in [-0.39, 0.29) is 5.69 Å². The maximum Gasteiger partial charge on any atom is 0.278 e. The van der Waals surface area contributed by atoms with Crippen molar-refractivity contribution in [2.24, 2.45) is 0 Å². The molecule has 0 radical (unpaired) electrons. The first-order valence-electron chi connectivity index (χ1n) is 4.79. The molecule has 0 fully saturated rings. The first-order chi connectivity index (χ1) is 8.11. The molecule has 0 unspecified atom stereocenters. The zero-order chi connectivity index (χ0) is 12.4. The summed E-state index contributed by atoms with van der Waals surface area (Å²) in [6, 6.07) is 12.1. The van der Waals surface area contributed by atoms with Gasteiger partial charge in [-0.25, -0.2) is 0 Å². The van der Waals surface area contributed by atoms with Crippen molar-refractivity contribution < 1.29 is 4.92 Å².